The fourth-order valence-electron chi connectivity index (χ4n) is 3.60. The molecule has 1 aliphatic rings. The number of anilines is 2. The van der Waals surface area contributed by atoms with Crippen LogP contribution in [0, 0.1) is 0 Å². The number of aromatic nitrogens is 2. The van der Waals surface area contributed by atoms with Crippen molar-refractivity contribution in [1.29, 1.82) is 0 Å². The predicted octanol–water partition coefficient (Wildman–Crippen LogP) is 4.20. The largest absolute Gasteiger partial charge is 0.326 e. The molecule has 0 atom stereocenters. The van der Waals surface area contributed by atoms with Crippen molar-refractivity contribution < 1.29 is 0 Å². The van der Waals surface area contributed by atoms with Gasteiger partial charge < -0.3 is 5.32 Å². The molecule has 2 N–H and O–H groups in total. The first-order valence-corrected chi connectivity index (χ1v) is 9.84. The Kier molecular flexibility index (Phi) is 5.26. The molecule has 28 heavy (non-hydrogen) atoms. The van der Waals surface area contributed by atoms with Crippen LogP contribution in [-0.2, 0) is 19.5 Å². The van der Waals surface area contributed by atoms with Crippen molar-refractivity contribution in [2.45, 2.75) is 39.3 Å². The van der Waals surface area contributed by atoms with Crippen molar-refractivity contribution >= 4 is 11.6 Å². The van der Waals surface area contributed by atoms with E-state index in [1.807, 2.05) is 30.3 Å². The topological polar surface area (TPSA) is 61.0 Å². The molecule has 3 aromatic rings. The first-order chi connectivity index (χ1) is 13.6. The van der Waals surface area contributed by atoms with Gasteiger partial charge in [0.05, 0.1) is 11.3 Å². The fourth-order valence-corrected chi connectivity index (χ4v) is 3.60. The molecule has 5 heteroatoms. The van der Waals surface area contributed by atoms with Crippen LogP contribution in [0.15, 0.2) is 59.4 Å². The van der Waals surface area contributed by atoms with Gasteiger partial charge in [0.25, 0.3) is 5.56 Å². The predicted molar refractivity (Wildman–Crippen MR) is 113 cm³/mol. The van der Waals surface area contributed by atoms with E-state index in [0.29, 0.717) is 18.4 Å². The van der Waals surface area contributed by atoms with Crippen molar-refractivity contribution in [3.05, 3.63) is 87.3 Å². The zero-order valence-corrected chi connectivity index (χ0v) is 16.4. The second kappa shape index (κ2) is 7.98. The van der Waals surface area contributed by atoms with Crippen LogP contribution < -0.4 is 10.9 Å². The Hall–Kier alpha value is -2.92. The Morgan fingerprint density at radius 3 is 2.57 bits per heavy atom. The quantitative estimate of drug-likeness (QED) is 0.703. The molecule has 1 aliphatic heterocycles. The smallest absolute Gasteiger partial charge is 0.257 e. The summed E-state index contributed by atoms with van der Waals surface area (Å²) in [6.07, 6.45) is 0.785. The summed E-state index contributed by atoms with van der Waals surface area (Å²) in [5.74, 6) is 1.01. The fraction of sp³-hybridized carbons (Fsp3) is 0.304. The van der Waals surface area contributed by atoms with Crippen LogP contribution in [0.4, 0.5) is 11.6 Å². The van der Waals surface area contributed by atoms with Gasteiger partial charge in [-0.05, 0) is 29.2 Å². The molecule has 4 rings (SSSR count). The van der Waals surface area contributed by atoms with E-state index in [9.17, 15) is 4.79 Å². The third-order valence-electron chi connectivity index (χ3n) is 5.24. The lowest BCUT2D eigenvalue weighted by molar-refractivity contribution is 0.242. The van der Waals surface area contributed by atoms with Crippen LogP contribution in [0.5, 0.6) is 0 Å². The highest BCUT2D eigenvalue weighted by Gasteiger charge is 2.21. The highest BCUT2D eigenvalue weighted by Crippen LogP contribution is 2.21. The number of hydrogen-bond acceptors (Lipinski definition) is 4. The van der Waals surface area contributed by atoms with E-state index in [4.69, 9.17) is 0 Å². The minimum atomic E-state index is -0.0518. The summed E-state index contributed by atoms with van der Waals surface area (Å²) in [5.41, 5.74) is 5.10. The molecule has 2 aromatic carbocycles. The molecule has 0 saturated carbocycles. The minimum absolute atomic E-state index is 0.0518. The maximum absolute atomic E-state index is 12.7. The molecule has 0 radical (unpaired) electrons. The van der Waals surface area contributed by atoms with Gasteiger partial charge in [-0.2, -0.15) is 0 Å². The van der Waals surface area contributed by atoms with Gasteiger partial charge in [-0.1, -0.05) is 56.3 Å². The molecule has 0 unspecified atom stereocenters. The van der Waals surface area contributed by atoms with Gasteiger partial charge >= 0.3 is 0 Å². The summed E-state index contributed by atoms with van der Waals surface area (Å²) < 4.78 is 0. The average molecular weight is 374 g/mol. The van der Waals surface area contributed by atoms with Gasteiger partial charge in [-0.25, -0.2) is 4.98 Å². The van der Waals surface area contributed by atoms with Crippen LogP contribution in [0.25, 0.3) is 0 Å². The minimum Gasteiger partial charge on any atom is -0.326 e. The van der Waals surface area contributed by atoms with Gasteiger partial charge in [0.1, 0.15) is 0 Å². The van der Waals surface area contributed by atoms with Crippen molar-refractivity contribution in [3.63, 3.8) is 0 Å². The van der Waals surface area contributed by atoms with Crippen LogP contribution in [-0.4, -0.2) is 21.4 Å². The van der Waals surface area contributed by atoms with Crippen LogP contribution in [0.2, 0.25) is 0 Å². The summed E-state index contributed by atoms with van der Waals surface area (Å²) >= 11 is 0. The maximum Gasteiger partial charge on any atom is 0.257 e. The van der Waals surface area contributed by atoms with Crippen molar-refractivity contribution in [2.75, 3.05) is 11.9 Å². The SMILES string of the molecule is CC(C)c1ccc(Nc2nc3c(c(=O)[nH]2)CN(Cc2ccccc2)CC3)cc1. The number of rotatable bonds is 5. The summed E-state index contributed by atoms with van der Waals surface area (Å²) in [6, 6.07) is 18.6. The van der Waals surface area contributed by atoms with Crippen LogP contribution in [0.3, 0.4) is 0 Å². The number of benzene rings is 2. The van der Waals surface area contributed by atoms with Gasteiger partial charge in [0.2, 0.25) is 5.95 Å². The summed E-state index contributed by atoms with van der Waals surface area (Å²) in [7, 11) is 0. The number of fused-ring (bicyclic) bond motifs is 1. The third kappa shape index (κ3) is 4.15. The van der Waals surface area contributed by atoms with E-state index in [2.05, 4.69) is 58.3 Å². The van der Waals surface area contributed by atoms with E-state index in [0.717, 1.165) is 36.5 Å². The van der Waals surface area contributed by atoms with Gasteiger partial charge in [0, 0.05) is 31.7 Å². The van der Waals surface area contributed by atoms with Crippen LogP contribution >= 0.6 is 0 Å². The zero-order chi connectivity index (χ0) is 19.5. The van der Waals surface area contributed by atoms with Crippen molar-refractivity contribution in [1.82, 2.24) is 14.9 Å². The highest BCUT2D eigenvalue weighted by molar-refractivity contribution is 5.54. The van der Waals surface area contributed by atoms with E-state index in [-0.39, 0.29) is 5.56 Å². The van der Waals surface area contributed by atoms with E-state index >= 15 is 0 Å². The van der Waals surface area contributed by atoms with Crippen molar-refractivity contribution in [2.24, 2.45) is 0 Å². The molecule has 2 heterocycles. The monoisotopic (exact) mass is 374 g/mol. The van der Waals surface area contributed by atoms with Crippen LogP contribution in [0.1, 0.15) is 42.1 Å². The molecule has 0 saturated heterocycles. The van der Waals surface area contributed by atoms with Gasteiger partial charge in [-0.15, -0.1) is 0 Å². The normalized spacial score (nSPS) is 14.1. The molecule has 0 spiro atoms. The summed E-state index contributed by atoms with van der Waals surface area (Å²) in [5, 5.41) is 3.23. The second-order valence-corrected chi connectivity index (χ2v) is 7.69. The van der Waals surface area contributed by atoms with Gasteiger partial charge in [0.15, 0.2) is 0 Å². The Labute approximate surface area is 165 Å². The first kappa shape index (κ1) is 18.4. The zero-order valence-electron chi connectivity index (χ0n) is 16.4. The molecule has 0 bridgehead atoms. The Balaban J connectivity index is 1.49. The Morgan fingerprint density at radius 1 is 1.11 bits per heavy atom. The third-order valence-corrected chi connectivity index (χ3v) is 5.24. The average Bonchev–Trinajstić information content (AvgIpc) is 2.70. The van der Waals surface area contributed by atoms with E-state index in [1.165, 1.54) is 11.1 Å². The lowest BCUT2D eigenvalue weighted by Crippen LogP contribution is -2.35. The molecular weight excluding hydrogens is 348 g/mol. The lowest BCUT2D eigenvalue weighted by Gasteiger charge is -2.27. The molecule has 5 nitrogen and oxygen atoms in total. The van der Waals surface area contributed by atoms with E-state index in [1.54, 1.807) is 0 Å². The molecule has 144 valence electrons. The Morgan fingerprint density at radius 2 is 1.86 bits per heavy atom. The highest BCUT2D eigenvalue weighted by atomic mass is 16.1. The number of hydrogen-bond donors (Lipinski definition) is 2. The number of nitrogens with zero attached hydrogens (tertiary/aromatic N) is 2. The first-order valence-electron chi connectivity index (χ1n) is 9.84. The number of nitrogens with one attached hydrogen (secondary N) is 2. The molecule has 0 fully saturated rings. The summed E-state index contributed by atoms with van der Waals surface area (Å²) in [4.78, 5) is 22.5. The Bertz CT molecular complexity index is 993. The molecule has 0 amide bonds. The summed E-state index contributed by atoms with van der Waals surface area (Å²) in [6.45, 7) is 6.73. The molecule has 0 aliphatic carbocycles. The maximum atomic E-state index is 12.7. The standard InChI is InChI=1S/C23H26N4O/c1-16(2)18-8-10-19(11-9-18)24-23-25-21-12-13-27(15-20(21)22(28)26-23)14-17-6-4-3-5-7-17/h3-11,16H,12-15H2,1-2H3,(H2,24,25,26,28). The molecular formula is C23H26N4O. The van der Waals surface area contributed by atoms with E-state index < -0.39 is 0 Å². The lowest BCUT2D eigenvalue weighted by atomic mass is 10.0. The van der Waals surface area contributed by atoms with Gasteiger partial charge in [-0.3, -0.25) is 14.7 Å². The second-order valence-electron chi connectivity index (χ2n) is 7.69. The number of aromatic amines is 1. The van der Waals surface area contributed by atoms with Crippen molar-refractivity contribution in [3.8, 4) is 0 Å². The number of H-pyrrole nitrogens is 1. The molecule has 1 aromatic heterocycles.